The van der Waals surface area contributed by atoms with E-state index in [9.17, 15) is 4.79 Å². The Kier molecular flexibility index (Phi) is 3.52. The van der Waals surface area contributed by atoms with E-state index in [1.165, 1.54) is 38.5 Å². The van der Waals surface area contributed by atoms with Crippen molar-refractivity contribution < 1.29 is 9.53 Å². The SMILES string of the molecule is C[C@H](NC(=O)CC12CC3CC(CC(C3)C1)C2)[C@@H]1CCCO1. The summed E-state index contributed by atoms with van der Waals surface area (Å²) in [6.45, 7) is 2.97. The van der Waals surface area contributed by atoms with Gasteiger partial charge in [0, 0.05) is 13.0 Å². The number of rotatable bonds is 4. The van der Waals surface area contributed by atoms with Crippen LogP contribution in [0.2, 0.25) is 0 Å². The molecular formula is C18H29NO2. The Bertz CT molecular complexity index is 378. The van der Waals surface area contributed by atoms with Gasteiger partial charge in [-0.3, -0.25) is 4.79 Å². The predicted molar refractivity (Wildman–Crippen MR) is 81.8 cm³/mol. The zero-order valence-electron chi connectivity index (χ0n) is 13.3. The summed E-state index contributed by atoms with van der Waals surface area (Å²) in [7, 11) is 0. The Morgan fingerprint density at radius 1 is 1.19 bits per heavy atom. The van der Waals surface area contributed by atoms with Gasteiger partial charge in [-0.2, -0.15) is 0 Å². The summed E-state index contributed by atoms with van der Waals surface area (Å²) in [6.07, 6.45) is 11.6. The molecule has 0 spiro atoms. The number of carbonyl (C=O) groups is 1. The highest BCUT2D eigenvalue weighted by Gasteiger charge is 2.51. The lowest BCUT2D eigenvalue weighted by Gasteiger charge is -2.56. The Morgan fingerprint density at radius 2 is 1.81 bits per heavy atom. The molecule has 0 aromatic heterocycles. The van der Waals surface area contributed by atoms with Gasteiger partial charge in [0.2, 0.25) is 5.91 Å². The van der Waals surface area contributed by atoms with E-state index in [1.807, 2.05) is 0 Å². The van der Waals surface area contributed by atoms with Crippen molar-refractivity contribution >= 4 is 5.91 Å². The summed E-state index contributed by atoms with van der Waals surface area (Å²) in [5.41, 5.74) is 0.356. The number of hydrogen-bond acceptors (Lipinski definition) is 2. The van der Waals surface area contributed by atoms with E-state index < -0.39 is 0 Å². The highest BCUT2D eigenvalue weighted by atomic mass is 16.5. The molecule has 1 heterocycles. The fraction of sp³-hybridized carbons (Fsp3) is 0.944. The fourth-order valence-electron chi connectivity index (χ4n) is 6.24. The Morgan fingerprint density at radius 3 is 2.33 bits per heavy atom. The topological polar surface area (TPSA) is 38.3 Å². The molecule has 5 rings (SSSR count). The van der Waals surface area contributed by atoms with Gasteiger partial charge in [0.1, 0.15) is 0 Å². The molecule has 4 aliphatic carbocycles. The van der Waals surface area contributed by atoms with Gasteiger partial charge in [0.15, 0.2) is 0 Å². The van der Waals surface area contributed by atoms with E-state index in [1.54, 1.807) is 0 Å². The van der Waals surface area contributed by atoms with Gasteiger partial charge in [-0.15, -0.1) is 0 Å². The van der Waals surface area contributed by atoms with Crippen LogP contribution in [-0.2, 0) is 9.53 Å². The van der Waals surface area contributed by atoms with E-state index in [-0.39, 0.29) is 18.1 Å². The van der Waals surface area contributed by atoms with Crippen LogP contribution < -0.4 is 5.32 Å². The lowest BCUT2D eigenvalue weighted by Crippen LogP contribution is -2.49. The molecule has 0 radical (unpaired) electrons. The number of nitrogens with one attached hydrogen (secondary N) is 1. The second kappa shape index (κ2) is 5.26. The van der Waals surface area contributed by atoms with Crippen LogP contribution in [-0.4, -0.2) is 24.7 Å². The first-order chi connectivity index (χ1) is 10.1. The first kappa shape index (κ1) is 14.0. The molecule has 1 saturated heterocycles. The average Bonchev–Trinajstić information content (AvgIpc) is 2.89. The van der Waals surface area contributed by atoms with Gasteiger partial charge in [-0.25, -0.2) is 0 Å². The number of hydrogen-bond donors (Lipinski definition) is 1. The molecule has 3 nitrogen and oxygen atoms in total. The first-order valence-corrected chi connectivity index (χ1v) is 9.03. The molecule has 0 unspecified atom stereocenters. The second-order valence-electron chi connectivity index (χ2n) is 8.50. The van der Waals surface area contributed by atoms with Crippen molar-refractivity contribution in [3.8, 4) is 0 Å². The van der Waals surface area contributed by atoms with Gasteiger partial charge in [-0.1, -0.05) is 0 Å². The molecule has 3 heteroatoms. The summed E-state index contributed by atoms with van der Waals surface area (Å²) < 4.78 is 5.69. The molecular weight excluding hydrogens is 262 g/mol. The van der Waals surface area contributed by atoms with Crippen LogP contribution in [0.15, 0.2) is 0 Å². The second-order valence-corrected chi connectivity index (χ2v) is 8.50. The Labute approximate surface area is 128 Å². The van der Waals surface area contributed by atoms with Gasteiger partial charge >= 0.3 is 0 Å². The molecule has 4 bridgehead atoms. The van der Waals surface area contributed by atoms with E-state index in [2.05, 4.69) is 12.2 Å². The maximum Gasteiger partial charge on any atom is 0.220 e. The van der Waals surface area contributed by atoms with Gasteiger partial charge in [0.05, 0.1) is 12.1 Å². The van der Waals surface area contributed by atoms with Crippen molar-refractivity contribution in [1.29, 1.82) is 0 Å². The lowest BCUT2D eigenvalue weighted by atomic mass is 9.49. The Balaban J connectivity index is 1.36. The third kappa shape index (κ3) is 2.74. The predicted octanol–water partition coefficient (Wildman–Crippen LogP) is 3.28. The summed E-state index contributed by atoms with van der Waals surface area (Å²) in [4.78, 5) is 12.5. The monoisotopic (exact) mass is 291 g/mol. The van der Waals surface area contributed by atoms with Crippen molar-refractivity contribution in [2.75, 3.05) is 6.61 Å². The van der Waals surface area contributed by atoms with Crippen molar-refractivity contribution in [2.45, 2.75) is 76.9 Å². The standard InChI is InChI=1S/C18H29NO2/c1-12(16-3-2-4-21-16)19-17(20)11-18-8-13-5-14(9-18)7-15(6-13)10-18/h12-16H,2-11H2,1H3,(H,19,20)/t12-,13?,14?,15?,16-,18?/m0/s1. The highest BCUT2D eigenvalue weighted by Crippen LogP contribution is 2.61. The van der Waals surface area contributed by atoms with Crippen LogP contribution >= 0.6 is 0 Å². The van der Waals surface area contributed by atoms with Crippen LogP contribution in [0.5, 0.6) is 0 Å². The number of carbonyl (C=O) groups excluding carboxylic acids is 1. The van der Waals surface area contributed by atoms with Crippen LogP contribution in [0, 0.1) is 23.2 Å². The van der Waals surface area contributed by atoms with E-state index in [0.717, 1.165) is 43.6 Å². The molecule has 0 aromatic carbocycles. The minimum absolute atomic E-state index is 0.175. The molecule has 21 heavy (non-hydrogen) atoms. The van der Waals surface area contributed by atoms with Gasteiger partial charge < -0.3 is 10.1 Å². The van der Waals surface area contributed by atoms with Crippen LogP contribution in [0.25, 0.3) is 0 Å². The maximum absolute atomic E-state index is 12.5. The van der Waals surface area contributed by atoms with E-state index >= 15 is 0 Å². The summed E-state index contributed by atoms with van der Waals surface area (Å²) >= 11 is 0. The van der Waals surface area contributed by atoms with Crippen molar-refractivity contribution in [2.24, 2.45) is 23.2 Å². The highest BCUT2D eigenvalue weighted by molar-refractivity contribution is 5.77. The number of amides is 1. The molecule has 4 saturated carbocycles. The zero-order chi connectivity index (χ0) is 14.4. The van der Waals surface area contributed by atoms with Crippen LogP contribution in [0.1, 0.15) is 64.7 Å². The summed E-state index contributed by atoms with van der Waals surface area (Å²) in [5.74, 6) is 3.07. The van der Waals surface area contributed by atoms with E-state index in [4.69, 9.17) is 4.74 Å². The minimum Gasteiger partial charge on any atom is -0.376 e. The molecule has 1 amide bonds. The molecule has 118 valence electrons. The molecule has 5 fully saturated rings. The third-order valence-corrected chi connectivity index (χ3v) is 6.61. The van der Waals surface area contributed by atoms with Crippen LogP contribution in [0.4, 0.5) is 0 Å². The van der Waals surface area contributed by atoms with Crippen LogP contribution in [0.3, 0.4) is 0 Å². The average molecular weight is 291 g/mol. The molecule has 1 aliphatic heterocycles. The smallest absolute Gasteiger partial charge is 0.220 e. The molecule has 0 aromatic rings. The van der Waals surface area contributed by atoms with Crippen molar-refractivity contribution in [1.82, 2.24) is 5.32 Å². The first-order valence-electron chi connectivity index (χ1n) is 9.03. The normalized spacial score (nSPS) is 45.8. The van der Waals surface area contributed by atoms with Gasteiger partial charge in [-0.05, 0) is 81.5 Å². The largest absolute Gasteiger partial charge is 0.376 e. The molecule has 2 atom stereocenters. The Hall–Kier alpha value is -0.570. The minimum atomic E-state index is 0.175. The summed E-state index contributed by atoms with van der Waals surface area (Å²) in [6, 6.07) is 0.175. The van der Waals surface area contributed by atoms with Crippen molar-refractivity contribution in [3.63, 3.8) is 0 Å². The maximum atomic E-state index is 12.5. The van der Waals surface area contributed by atoms with E-state index in [0.29, 0.717) is 5.41 Å². The molecule has 5 aliphatic rings. The zero-order valence-corrected chi connectivity index (χ0v) is 13.3. The number of ether oxygens (including phenoxy) is 1. The quantitative estimate of drug-likeness (QED) is 0.863. The lowest BCUT2D eigenvalue weighted by molar-refractivity contribution is -0.130. The van der Waals surface area contributed by atoms with Gasteiger partial charge in [0.25, 0.3) is 0 Å². The molecule has 1 N–H and O–H groups in total. The fourth-order valence-corrected chi connectivity index (χ4v) is 6.24. The third-order valence-electron chi connectivity index (χ3n) is 6.61. The summed E-state index contributed by atoms with van der Waals surface area (Å²) in [5, 5.41) is 3.23. The van der Waals surface area contributed by atoms with Crippen molar-refractivity contribution in [3.05, 3.63) is 0 Å².